The zero-order chi connectivity index (χ0) is 19.6. The van der Waals surface area contributed by atoms with Crippen molar-refractivity contribution in [2.75, 3.05) is 33.2 Å². The number of carbonyl (C=O) groups excluding carboxylic acids is 4. The van der Waals surface area contributed by atoms with Gasteiger partial charge in [-0.2, -0.15) is 0 Å². The highest BCUT2D eigenvalue weighted by Crippen LogP contribution is 2.06. The summed E-state index contributed by atoms with van der Waals surface area (Å²) >= 11 is 0. The average Bonchev–Trinajstić information content (AvgIpc) is 2.50. The summed E-state index contributed by atoms with van der Waals surface area (Å²) in [5.41, 5.74) is -0.651. The smallest absolute Gasteiger partial charge is 0.408 e. The van der Waals surface area contributed by atoms with Gasteiger partial charge in [0.05, 0.1) is 13.1 Å². The van der Waals surface area contributed by atoms with Gasteiger partial charge >= 0.3 is 6.09 Å². The molecule has 0 aromatic carbocycles. The van der Waals surface area contributed by atoms with Crippen LogP contribution < -0.4 is 5.32 Å². The lowest BCUT2D eigenvalue weighted by Crippen LogP contribution is -2.46. The minimum Gasteiger partial charge on any atom is -0.444 e. The Labute approximate surface area is 149 Å². The van der Waals surface area contributed by atoms with E-state index in [1.165, 1.54) is 16.8 Å². The Morgan fingerprint density at radius 2 is 1.60 bits per heavy atom. The summed E-state index contributed by atoms with van der Waals surface area (Å²) in [4.78, 5) is 50.1. The number of rotatable bonds is 9. The van der Waals surface area contributed by atoms with E-state index in [0.717, 1.165) is 6.42 Å². The Balaban J connectivity index is 4.50. The lowest BCUT2D eigenvalue weighted by atomic mass is 10.2. The van der Waals surface area contributed by atoms with Crippen LogP contribution in [0.4, 0.5) is 4.79 Å². The van der Waals surface area contributed by atoms with E-state index in [-0.39, 0.29) is 31.3 Å². The van der Waals surface area contributed by atoms with Gasteiger partial charge in [-0.25, -0.2) is 4.79 Å². The summed E-state index contributed by atoms with van der Waals surface area (Å²) in [5.74, 6) is -0.739. The highest BCUT2D eigenvalue weighted by molar-refractivity contribution is 5.89. The molecular formula is C17H31N3O5. The van der Waals surface area contributed by atoms with Crippen molar-refractivity contribution < 1.29 is 23.9 Å². The third-order valence-electron chi connectivity index (χ3n) is 3.19. The fourth-order valence-electron chi connectivity index (χ4n) is 1.87. The SMILES string of the molecule is CCCN(CC(=O)CC)C(=O)CN(C)C(=O)CNC(=O)OC(C)(C)C. The minimum absolute atomic E-state index is 0.0256. The maximum atomic E-state index is 12.3. The molecule has 0 aromatic heterocycles. The fraction of sp³-hybridized carbons (Fsp3) is 0.765. The summed E-state index contributed by atoms with van der Waals surface area (Å²) in [7, 11) is 1.47. The normalized spacial score (nSPS) is 10.8. The number of ether oxygens (including phenoxy) is 1. The Kier molecular flexibility index (Phi) is 9.78. The molecule has 0 bridgehead atoms. The largest absolute Gasteiger partial charge is 0.444 e. The van der Waals surface area contributed by atoms with Crippen LogP contribution in [0.15, 0.2) is 0 Å². The van der Waals surface area contributed by atoms with Gasteiger partial charge in [0, 0.05) is 20.0 Å². The van der Waals surface area contributed by atoms with Crippen molar-refractivity contribution in [2.45, 2.75) is 53.1 Å². The van der Waals surface area contributed by atoms with Crippen LogP contribution in [0.1, 0.15) is 47.5 Å². The number of likely N-dealkylation sites (N-methyl/N-ethyl adjacent to an activating group) is 1. The molecule has 0 fully saturated rings. The van der Waals surface area contributed by atoms with Gasteiger partial charge in [-0.1, -0.05) is 13.8 Å². The van der Waals surface area contributed by atoms with E-state index in [4.69, 9.17) is 4.74 Å². The van der Waals surface area contributed by atoms with Crippen molar-refractivity contribution >= 4 is 23.7 Å². The molecule has 0 saturated carbocycles. The van der Waals surface area contributed by atoms with Crippen molar-refractivity contribution in [3.8, 4) is 0 Å². The molecule has 0 saturated heterocycles. The standard InChI is InChI=1S/C17H31N3O5/c1-7-9-20(11-13(21)8-2)15(23)12-19(6)14(22)10-18-16(24)25-17(3,4)5/h7-12H2,1-6H3,(H,18,24). The van der Waals surface area contributed by atoms with Crippen LogP contribution >= 0.6 is 0 Å². The van der Waals surface area contributed by atoms with Gasteiger partial charge < -0.3 is 19.9 Å². The quantitative estimate of drug-likeness (QED) is 0.669. The van der Waals surface area contributed by atoms with E-state index >= 15 is 0 Å². The Bertz CT molecular complexity index is 485. The monoisotopic (exact) mass is 357 g/mol. The first-order chi connectivity index (χ1) is 11.5. The van der Waals surface area contributed by atoms with Gasteiger partial charge in [-0.15, -0.1) is 0 Å². The number of carbonyl (C=O) groups is 4. The lowest BCUT2D eigenvalue weighted by Gasteiger charge is -2.25. The first kappa shape index (κ1) is 22.9. The predicted molar refractivity (Wildman–Crippen MR) is 94.0 cm³/mol. The Morgan fingerprint density at radius 1 is 1.00 bits per heavy atom. The molecule has 0 spiro atoms. The van der Waals surface area contributed by atoms with Gasteiger partial charge in [0.15, 0.2) is 5.78 Å². The summed E-state index contributed by atoms with van der Waals surface area (Å²) in [5, 5.41) is 2.36. The van der Waals surface area contributed by atoms with Crippen LogP contribution in [0.2, 0.25) is 0 Å². The van der Waals surface area contributed by atoms with E-state index in [9.17, 15) is 19.2 Å². The van der Waals surface area contributed by atoms with E-state index in [1.54, 1.807) is 27.7 Å². The highest BCUT2D eigenvalue weighted by Gasteiger charge is 2.21. The molecule has 144 valence electrons. The molecule has 0 heterocycles. The summed E-state index contributed by atoms with van der Waals surface area (Å²) < 4.78 is 5.04. The number of Topliss-reactive ketones (excluding diaryl/α,β-unsaturated/α-hetero) is 1. The van der Waals surface area contributed by atoms with Crippen LogP contribution in [0.25, 0.3) is 0 Å². The number of nitrogens with zero attached hydrogens (tertiary/aromatic N) is 2. The van der Waals surface area contributed by atoms with Crippen molar-refractivity contribution in [3.63, 3.8) is 0 Å². The fourth-order valence-corrected chi connectivity index (χ4v) is 1.87. The third-order valence-corrected chi connectivity index (χ3v) is 3.19. The first-order valence-corrected chi connectivity index (χ1v) is 8.50. The molecule has 0 aliphatic carbocycles. The zero-order valence-electron chi connectivity index (χ0n) is 16.2. The molecule has 0 unspecified atom stereocenters. The minimum atomic E-state index is -0.693. The molecule has 8 nitrogen and oxygen atoms in total. The van der Waals surface area contributed by atoms with Gasteiger partial charge in [-0.05, 0) is 27.2 Å². The van der Waals surface area contributed by atoms with Crippen LogP contribution in [0, 0.1) is 0 Å². The van der Waals surface area contributed by atoms with Gasteiger partial charge in [0.25, 0.3) is 0 Å². The van der Waals surface area contributed by atoms with Crippen molar-refractivity contribution in [1.29, 1.82) is 0 Å². The first-order valence-electron chi connectivity index (χ1n) is 8.50. The molecule has 1 N–H and O–H groups in total. The van der Waals surface area contributed by atoms with Crippen LogP contribution in [0.5, 0.6) is 0 Å². The predicted octanol–water partition coefficient (Wildman–Crippen LogP) is 1.19. The molecule has 0 aliphatic heterocycles. The molecular weight excluding hydrogens is 326 g/mol. The second kappa shape index (κ2) is 10.7. The van der Waals surface area contributed by atoms with Crippen molar-refractivity contribution in [1.82, 2.24) is 15.1 Å². The number of nitrogens with one attached hydrogen (secondary N) is 1. The highest BCUT2D eigenvalue weighted by atomic mass is 16.6. The van der Waals surface area contributed by atoms with Crippen molar-refractivity contribution in [3.05, 3.63) is 0 Å². The summed E-state index contributed by atoms with van der Waals surface area (Å²) in [6, 6.07) is 0. The maximum absolute atomic E-state index is 12.3. The molecule has 25 heavy (non-hydrogen) atoms. The van der Waals surface area contributed by atoms with E-state index < -0.39 is 17.6 Å². The van der Waals surface area contributed by atoms with Gasteiger partial charge in [-0.3, -0.25) is 14.4 Å². The number of hydrogen-bond donors (Lipinski definition) is 1. The van der Waals surface area contributed by atoms with Crippen LogP contribution in [0.3, 0.4) is 0 Å². The number of ketones is 1. The molecule has 0 aromatic rings. The molecule has 0 aliphatic rings. The van der Waals surface area contributed by atoms with Gasteiger partial charge in [0.1, 0.15) is 12.1 Å². The average molecular weight is 357 g/mol. The second-order valence-electron chi connectivity index (χ2n) is 6.81. The second-order valence-corrected chi connectivity index (χ2v) is 6.81. The van der Waals surface area contributed by atoms with E-state index in [2.05, 4.69) is 5.32 Å². The van der Waals surface area contributed by atoms with Crippen molar-refractivity contribution in [2.24, 2.45) is 0 Å². The number of alkyl carbamates (subject to hydrolysis) is 1. The topological polar surface area (TPSA) is 96.0 Å². The van der Waals surface area contributed by atoms with Gasteiger partial charge in [0.2, 0.25) is 11.8 Å². The number of hydrogen-bond acceptors (Lipinski definition) is 5. The molecule has 0 radical (unpaired) electrons. The van der Waals surface area contributed by atoms with E-state index in [1.807, 2.05) is 6.92 Å². The van der Waals surface area contributed by atoms with Crippen LogP contribution in [-0.2, 0) is 19.1 Å². The molecule has 0 atom stereocenters. The zero-order valence-corrected chi connectivity index (χ0v) is 16.2. The van der Waals surface area contributed by atoms with E-state index in [0.29, 0.717) is 13.0 Å². The van der Waals surface area contributed by atoms with Crippen LogP contribution in [-0.4, -0.2) is 72.3 Å². The lowest BCUT2D eigenvalue weighted by molar-refractivity contribution is -0.140. The maximum Gasteiger partial charge on any atom is 0.408 e. The third kappa shape index (κ3) is 10.4. The summed E-state index contributed by atoms with van der Waals surface area (Å²) in [6.45, 7) is 8.93. The Morgan fingerprint density at radius 3 is 2.08 bits per heavy atom. The summed E-state index contributed by atoms with van der Waals surface area (Å²) in [6.07, 6.45) is 0.393. The number of amides is 3. The molecule has 8 heteroatoms. The Hall–Kier alpha value is -2.12. The molecule has 0 rings (SSSR count). The molecule has 3 amide bonds.